The third kappa shape index (κ3) is 9.96. The number of ether oxygens (including phenoxy) is 8. The van der Waals surface area contributed by atoms with Gasteiger partial charge in [0, 0.05) is 32.0 Å². The molecule has 0 aromatic heterocycles. The molecule has 0 bridgehead atoms. The van der Waals surface area contributed by atoms with Crippen LogP contribution in [0.5, 0.6) is 28.7 Å². The van der Waals surface area contributed by atoms with Crippen LogP contribution in [0, 0.1) is 0 Å². The van der Waals surface area contributed by atoms with E-state index < -0.39 is 27.5 Å². The van der Waals surface area contributed by atoms with Gasteiger partial charge in [0.05, 0.1) is 19.5 Å². The van der Waals surface area contributed by atoms with Crippen molar-refractivity contribution in [3.63, 3.8) is 0 Å². The Morgan fingerprint density at radius 1 is 0.737 bits per heavy atom. The minimum Gasteiger partial charge on any atom is -0.496 e. The normalized spacial score (nSPS) is 13.4. The number of hydrogen-bond acceptors (Lipinski definition) is 9. The van der Waals surface area contributed by atoms with Gasteiger partial charge in [-0.05, 0) is 62.3 Å². The molecule has 0 radical (unpaired) electrons. The van der Waals surface area contributed by atoms with Gasteiger partial charge in [-0.3, -0.25) is 4.79 Å². The Hall–Kier alpha value is -1.98. The minimum atomic E-state index is -0.582. The summed E-state index contributed by atoms with van der Waals surface area (Å²) >= 11 is 0. The Kier molecular flexibility index (Phi) is 15.7. The maximum Gasteiger partial charge on any atom is 1.00 e. The molecule has 0 saturated carbocycles. The van der Waals surface area contributed by atoms with Crippen LogP contribution in [0.1, 0.15) is 51.9 Å². The Bertz CT molecular complexity index is 947. The molecule has 0 heterocycles. The summed E-state index contributed by atoms with van der Waals surface area (Å²) in [6, 6.07) is 8.61. The number of carbonyl (C=O) groups excluding carboxylic acids is 1. The molecule has 2 rings (SSSR count). The summed E-state index contributed by atoms with van der Waals surface area (Å²) in [5, 5.41) is 0.535. The first-order chi connectivity index (χ1) is 17.8. The number of methoxy groups -OCH3 is 2. The maximum atomic E-state index is 13.7. The number of hydrogen-bond donors (Lipinski definition) is 0. The van der Waals surface area contributed by atoms with Gasteiger partial charge in [0.25, 0.3) is 0 Å². The molecular weight excluding hydrogens is 506 g/mol. The fourth-order valence-electron chi connectivity index (χ4n) is 3.55. The summed E-state index contributed by atoms with van der Waals surface area (Å²) < 4.78 is 45.9. The number of rotatable bonds is 17. The van der Waals surface area contributed by atoms with E-state index in [1.54, 1.807) is 51.1 Å². The van der Waals surface area contributed by atoms with Crippen molar-refractivity contribution in [3.05, 3.63) is 35.9 Å². The largest absolute Gasteiger partial charge is 1.00 e. The Labute approximate surface area is 239 Å². The predicted octanol–water partition coefficient (Wildman–Crippen LogP) is 2.14. The van der Waals surface area contributed by atoms with Crippen LogP contribution in [0.3, 0.4) is 0 Å². The van der Waals surface area contributed by atoms with Gasteiger partial charge in [-0.25, -0.2) is 0 Å². The first-order valence-corrected chi connectivity index (χ1v) is 13.3. The van der Waals surface area contributed by atoms with Gasteiger partial charge in [0.1, 0.15) is 34.3 Å². The topological polar surface area (TPSA) is 90.9 Å². The monoisotopic (exact) mass is 545 g/mol. The fourth-order valence-corrected chi connectivity index (χ4v) is 4.66. The molecule has 4 unspecified atom stereocenters. The predicted molar refractivity (Wildman–Crippen MR) is 143 cm³/mol. The molecule has 206 valence electrons. The van der Waals surface area contributed by atoms with Crippen LogP contribution in [0.2, 0.25) is 0 Å². The molecule has 0 amide bonds. The molecule has 38 heavy (non-hydrogen) atoms. The fraction of sp³-hybridized carbons (Fsp3) is 0.519. The summed E-state index contributed by atoms with van der Waals surface area (Å²) in [6.45, 7) is 12.4. The van der Waals surface area contributed by atoms with E-state index in [9.17, 15) is 4.79 Å². The van der Waals surface area contributed by atoms with Crippen molar-refractivity contribution >= 4 is 19.4 Å². The van der Waals surface area contributed by atoms with E-state index >= 15 is 0 Å². The number of carbonyl (C=O) groups is 1. The van der Waals surface area contributed by atoms with Crippen LogP contribution in [-0.2, 0) is 14.2 Å². The molecule has 0 aliphatic rings. The standard InChI is InChI=1S/C27H39O9P.Li/c1-9-31-17(4)34-20-15-23(35-18(5)32-10-2)26(24(16-20)36-19(6)33-11-3)37-27(28)25-21(29-7)13-12-14-22(25)30-8;/h12-19,37H,9-11H2,1-8H3;/q;+1. The number of benzene rings is 2. The molecule has 4 atom stereocenters. The van der Waals surface area contributed by atoms with E-state index in [1.807, 2.05) is 20.8 Å². The summed E-state index contributed by atoms with van der Waals surface area (Å²) in [4.78, 5) is 13.7. The maximum absolute atomic E-state index is 13.7. The Balaban J connectivity index is 0.00000722. The van der Waals surface area contributed by atoms with Crippen molar-refractivity contribution in [2.24, 2.45) is 0 Å². The zero-order valence-corrected chi connectivity index (χ0v) is 24.9. The smallest absolute Gasteiger partial charge is 0.496 e. The van der Waals surface area contributed by atoms with Crippen LogP contribution in [0.25, 0.3) is 0 Å². The molecule has 2 aromatic rings. The summed E-state index contributed by atoms with van der Waals surface area (Å²) in [6.07, 6.45) is -1.67. The SMILES string of the molecule is CCOC(C)Oc1cc(OC(C)OCC)c(PC(=O)c2c(OC)cccc2OC)c(OC(C)OCC)c1.[Li+]. The summed E-state index contributed by atoms with van der Waals surface area (Å²) in [5.41, 5.74) is 0.122. The second kappa shape index (κ2) is 17.6. The minimum absolute atomic E-state index is 0. The van der Waals surface area contributed by atoms with Gasteiger partial charge in [-0.1, -0.05) is 6.07 Å². The quantitative estimate of drug-likeness (QED) is 0.169. The first kappa shape index (κ1) is 34.0. The average Bonchev–Trinajstić information content (AvgIpc) is 2.85. The molecule has 0 fully saturated rings. The van der Waals surface area contributed by atoms with Gasteiger partial charge >= 0.3 is 18.9 Å². The molecule has 0 N–H and O–H groups in total. The van der Waals surface area contributed by atoms with E-state index in [-0.39, 0.29) is 24.4 Å². The first-order valence-electron chi connectivity index (χ1n) is 12.3. The van der Waals surface area contributed by atoms with Crippen molar-refractivity contribution in [3.8, 4) is 28.7 Å². The molecule has 0 aliphatic carbocycles. The van der Waals surface area contributed by atoms with E-state index in [0.29, 0.717) is 59.4 Å². The second-order valence-corrected chi connectivity index (χ2v) is 8.91. The van der Waals surface area contributed by atoms with E-state index in [2.05, 4.69) is 0 Å². The zero-order chi connectivity index (χ0) is 27.4. The van der Waals surface area contributed by atoms with Crippen molar-refractivity contribution < 1.29 is 61.6 Å². The Morgan fingerprint density at radius 3 is 1.55 bits per heavy atom. The van der Waals surface area contributed by atoms with Crippen molar-refractivity contribution in [2.75, 3.05) is 34.0 Å². The summed E-state index contributed by atoms with van der Waals surface area (Å²) in [5.74, 6) is 2.06. The Morgan fingerprint density at radius 2 is 1.16 bits per heavy atom. The molecule has 0 saturated heterocycles. The van der Waals surface area contributed by atoms with Gasteiger partial charge in [-0.15, -0.1) is 0 Å². The molecule has 0 aliphatic heterocycles. The van der Waals surface area contributed by atoms with E-state index in [4.69, 9.17) is 37.9 Å². The molecule has 11 heteroatoms. The second-order valence-electron chi connectivity index (χ2n) is 7.71. The third-order valence-corrected chi connectivity index (χ3v) is 6.24. The molecule has 0 spiro atoms. The van der Waals surface area contributed by atoms with Crippen LogP contribution < -0.4 is 47.8 Å². The molecule has 2 aromatic carbocycles. The van der Waals surface area contributed by atoms with Gasteiger partial charge in [0.15, 0.2) is 24.4 Å². The van der Waals surface area contributed by atoms with Crippen LogP contribution in [0.15, 0.2) is 30.3 Å². The molecule has 9 nitrogen and oxygen atoms in total. The van der Waals surface area contributed by atoms with Gasteiger partial charge in [0.2, 0.25) is 0 Å². The average molecular weight is 546 g/mol. The van der Waals surface area contributed by atoms with Crippen molar-refractivity contribution in [1.29, 1.82) is 0 Å². The summed E-state index contributed by atoms with van der Waals surface area (Å²) in [7, 11) is 2.62. The zero-order valence-electron chi connectivity index (χ0n) is 23.9. The molecular formula is C27H39LiO9P+. The van der Waals surface area contributed by atoms with Crippen LogP contribution in [0.4, 0.5) is 0 Å². The van der Waals surface area contributed by atoms with Crippen molar-refractivity contribution in [1.82, 2.24) is 0 Å². The van der Waals surface area contributed by atoms with Gasteiger partial charge < -0.3 is 37.9 Å². The van der Waals surface area contributed by atoms with Crippen LogP contribution in [-0.4, -0.2) is 58.4 Å². The van der Waals surface area contributed by atoms with E-state index in [0.717, 1.165) is 0 Å². The van der Waals surface area contributed by atoms with Crippen LogP contribution >= 0.6 is 8.58 Å². The van der Waals surface area contributed by atoms with Crippen molar-refractivity contribution in [2.45, 2.75) is 60.4 Å². The van der Waals surface area contributed by atoms with Gasteiger partial charge in [-0.2, -0.15) is 0 Å². The van der Waals surface area contributed by atoms with E-state index in [1.165, 1.54) is 14.2 Å². The third-order valence-electron chi connectivity index (χ3n) is 5.02.